The van der Waals surface area contributed by atoms with Crippen LogP contribution >= 0.6 is 0 Å². The van der Waals surface area contributed by atoms with E-state index in [4.69, 9.17) is 0 Å². The SMILES string of the molecule is Cc1nn(-c2ccccc2)cc1C(=O)N1CCCC(C)(C(=O)O)C1. The Hall–Kier alpha value is -2.63. The van der Waals surface area contributed by atoms with Gasteiger partial charge in [-0.15, -0.1) is 0 Å². The standard InChI is InChI=1S/C18H21N3O3/c1-13-15(11-21(19-13)14-7-4-3-5-8-14)16(22)20-10-6-9-18(2,12-20)17(23)24/h3-5,7-8,11H,6,9-10,12H2,1-2H3,(H,23,24). The van der Waals surface area contributed by atoms with Gasteiger partial charge in [-0.3, -0.25) is 9.59 Å². The summed E-state index contributed by atoms with van der Waals surface area (Å²) in [5.74, 6) is -1.00. The van der Waals surface area contributed by atoms with Crippen LogP contribution in [0.2, 0.25) is 0 Å². The smallest absolute Gasteiger partial charge is 0.311 e. The first-order valence-electron chi connectivity index (χ1n) is 8.05. The molecule has 6 nitrogen and oxygen atoms in total. The molecular weight excluding hydrogens is 306 g/mol. The lowest BCUT2D eigenvalue weighted by atomic mass is 9.82. The Balaban J connectivity index is 1.85. The minimum absolute atomic E-state index is 0.151. The van der Waals surface area contributed by atoms with Crippen LogP contribution in [0, 0.1) is 12.3 Å². The van der Waals surface area contributed by atoms with Gasteiger partial charge in [0.15, 0.2) is 0 Å². The second-order valence-electron chi connectivity index (χ2n) is 6.60. The lowest BCUT2D eigenvalue weighted by Crippen LogP contribution is -2.48. The fourth-order valence-corrected chi connectivity index (χ4v) is 3.14. The number of aryl methyl sites for hydroxylation is 1. The number of benzene rings is 1. The lowest BCUT2D eigenvalue weighted by Gasteiger charge is -2.37. The van der Waals surface area contributed by atoms with Crippen LogP contribution in [0.3, 0.4) is 0 Å². The fraction of sp³-hybridized carbons (Fsp3) is 0.389. The van der Waals surface area contributed by atoms with Gasteiger partial charge in [0.25, 0.3) is 5.91 Å². The number of amides is 1. The molecule has 1 aliphatic rings. The van der Waals surface area contributed by atoms with Crippen molar-refractivity contribution in [1.29, 1.82) is 0 Å². The minimum Gasteiger partial charge on any atom is -0.481 e. The molecule has 1 unspecified atom stereocenters. The van der Waals surface area contributed by atoms with Gasteiger partial charge in [0, 0.05) is 19.3 Å². The van der Waals surface area contributed by atoms with Crippen LogP contribution in [0.4, 0.5) is 0 Å². The molecule has 126 valence electrons. The van der Waals surface area contributed by atoms with Gasteiger partial charge < -0.3 is 10.0 Å². The molecule has 1 aromatic carbocycles. The number of piperidine rings is 1. The molecule has 1 atom stereocenters. The summed E-state index contributed by atoms with van der Waals surface area (Å²) in [4.78, 5) is 26.0. The molecule has 24 heavy (non-hydrogen) atoms. The summed E-state index contributed by atoms with van der Waals surface area (Å²) in [5.41, 5.74) is 1.17. The van der Waals surface area contributed by atoms with Gasteiger partial charge in [0.2, 0.25) is 0 Å². The van der Waals surface area contributed by atoms with Crippen molar-refractivity contribution >= 4 is 11.9 Å². The Morgan fingerprint density at radius 2 is 1.96 bits per heavy atom. The number of carbonyl (C=O) groups is 2. The molecular formula is C18H21N3O3. The van der Waals surface area contributed by atoms with Crippen molar-refractivity contribution in [3.05, 3.63) is 47.8 Å². The summed E-state index contributed by atoms with van der Waals surface area (Å²) in [6.45, 7) is 4.32. The van der Waals surface area contributed by atoms with Crippen LogP contribution in [0.1, 0.15) is 35.8 Å². The second-order valence-corrected chi connectivity index (χ2v) is 6.60. The molecule has 0 saturated carbocycles. The van der Waals surface area contributed by atoms with Crippen LogP contribution in [0.15, 0.2) is 36.5 Å². The number of carbonyl (C=O) groups excluding carboxylic acids is 1. The molecule has 0 aliphatic carbocycles. The Labute approximate surface area is 140 Å². The normalized spacial score (nSPS) is 20.8. The monoisotopic (exact) mass is 327 g/mol. The van der Waals surface area contributed by atoms with Gasteiger partial charge in [0.1, 0.15) is 0 Å². The van der Waals surface area contributed by atoms with E-state index in [0.717, 1.165) is 5.69 Å². The van der Waals surface area contributed by atoms with Crippen LogP contribution in [-0.4, -0.2) is 44.8 Å². The summed E-state index contributed by atoms with van der Waals surface area (Å²) in [6, 6.07) is 9.59. The highest BCUT2D eigenvalue weighted by atomic mass is 16.4. The largest absolute Gasteiger partial charge is 0.481 e. The first-order chi connectivity index (χ1) is 11.4. The van der Waals surface area contributed by atoms with E-state index >= 15 is 0 Å². The summed E-state index contributed by atoms with van der Waals surface area (Å²) in [6.07, 6.45) is 3.01. The van der Waals surface area contributed by atoms with Gasteiger partial charge >= 0.3 is 5.97 Å². The van der Waals surface area contributed by atoms with Crippen LogP contribution in [0.25, 0.3) is 5.69 Å². The highest BCUT2D eigenvalue weighted by molar-refractivity contribution is 5.95. The number of rotatable bonds is 3. The molecule has 1 N–H and O–H groups in total. The Morgan fingerprint density at radius 1 is 1.25 bits per heavy atom. The van der Waals surface area contributed by atoms with Crippen LogP contribution < -0.4 is 0 Å². The molecule has 1 saturated heterocycles. The number of aromatic nitrogens is 2. The predicted molar refractivity (Wildman–Crippen MR) is 89.2 cm³/mol. The summed E-state index contributed by atoms with van der Waals surface area (Å²) < 4.78 is 1.68. The van der Waals surface area contributed by atoms with Gasteiger partial charge in [-0.1, -0.05) is 18.2 Å². The van der Waals surface area contributed by atoms with Crippen molar-refractivity contribution in [3.8, 4) is 5.69 Å². The number of nitrogens with zero attached hydrogens (tertiary/aromatic N) is 3. The number of hydrogen-bond acceptors (Lipinski definition) is 3. The first-order valence-corrected chi connectivity index (χ1v) is 8.05. The highest BCUT2D eigenvalue weighted by Gasteiger charge is 2.40. The average Bonchev–Trinajstić information content (AvgIpc) is 2.97. The number of carboxylic acids is 1. The molecule has 1 fully saturated rings. The number of hydrogen-bond donors (Lipinski definition) is 1. The van der Waals surface area contributed by atoms with Crippen LogP contribution in [-0.2, 0) is 4.79 Å². The van der Waals surface area contributed by atoms with Gasteiger partial charge in [-0.2, -0.15) is 5.10 Å². The van der Waals surface area contributed by atoms with Crippen molar-refractivity contribution in [1.82, 2.24) is 14.7 Å². The van der Waals surface area contributed by atoms with E-state index in [0.29, 0.717) is 30.6 Å². The molecule has 2 aromatic rings. The van der Waals surface area contributed by atoms with Crippen molar-refractivity contribution in [3.63, 3.8) is 0 Å². The van der Waals surface area contributed by atoms with E-state index in [1.165, 1.54) is 0 Å². The maximum Gasteiger partial charge on any atom is 0.311 e. The molecule has 0 bridgehead atoms. The van der Waals surface area contributed by atoms with Gasteiger partial charge in [-0.05, 0) is 38.8 Å². The van der Waals surface area contributed by atoms with Gasteiger partial charge in [0.05, 0.1) is 22.4 Å². The van der Waals surface area contributed by atoms with Crippen molar-refractivity contribution in [2.45, 2.75) is 26.7 Å². The van der Waals surface area contributed by atoms with E-state index in [2.05, 4.69) is 5.10 Å². The van der Waals surface area contributed by atoms with Crippen molar-refractivity contribution in [2.24, 2.45) is 5.41 Å². The van der Waals surface area contributed by atoms with E-state index in [-0.39, 0.29) is 12.5 Å². The molecule has 0 radical (unpaired) electrons. The third kappa shape index (κ3) is 2.91. The van der Waals surface area contributed by atoms with Crippen molar-refractivity contribution < 1.29 is 14.7 Å². The van der Waals surface area contributed by atoms with E-state index in [1.807, 2.05) is 30.3 Å². The molecule has 0 spiro atoms. The third-order valence-corrected chi connectivity index (χ3v) is 4.65. The van der Waals surface area contributed by atoms with E-state index < -0.39 is 11.4 Å². The summed E-state index contributed by atoms with van der Waals surface area (Å²) in [5, 5.41) is 13.8. The van der Waals surface area contributed by atoms with E-state index in [9.17, 15) is 14.7 Å². The minimum atomic E-state index is -0.878. The van der Waals surface area contributed by atoms with Crippen molar-refractivity contribution in [2.75, 3.05) is 13.1 Å². The summed E-state index contributed by atoms with van der Waals surface area (Å²) >= 11 is 0. The number of likely N-dealkylation sites (tertiary alicyclic amines) is 1. The maximum absolute atomic E-state index is 12.9. The zero-order valence-corrected chi connectivity index (χ0v) is 13.9. The number of carboxylic acid groups (broad SMARTS) is 1. The summed E-state index contributed by atoms with van der Waals surface area (Å²) in [7, 11) is 0. The maximum atomic E-state index is 12.9. The first kappa shape index (κ1) is 16.2. The third-order valence-electron chi connectivity index (χ3n) is 4.65. The fourth-order valence-electron chi connectivity index (χ4n) is 3.14. The molecule has 6 heteroatoms. The second kappa shape index (κ2) is 6.11. The zero-order chi connectivity index (χ0) is 17.3. The topological polar surface area (TPSA) is 75.4 Å². The molecule has 1 aliphatic heterocycles. The average molecular weight is 327 g/mol. The van der Waals surface area contributed by atoms with Gasteiger partial charge in [-0.25, -0.2) is 4.68 Å². The Kier molecular flexibility index (Phi) is 4.13. The molecule has 1 amide bonds. The van der Waals surface area contributed by atoms with E-state index in [1.54, 1.807) is 29.6 Å². The Bertz CT molecular complexity index is 769. The zero-order valence-electron chi connectivity index (χ0n) is 13.9. The number of para-hydroxylation sites is 1. The number of aliphatic carboxylic acids is 1. The molecule has 1 aromatic heterocycles. The molecule has 3 rings (SSSR count). The van der Waals surface area contributed by atoms with Crippen LogP contribution in [0.5, 0.6) is 0 Å². The molecule has 2 heterocycles. The highest BCUT2D eigenvalue weighted by Crippen LogP contribution is 2.30. The predicted octanol–water partition coefficient (Wildman–Crippen LogP) is 2.51. The quantitative estimate of drug-likeness (QED) is 0.940. The lowest BCUT2D eigenvalue weighted by molar-refractivity contribution is -0.150. The Morgan fingerprint density at radius 3 is 2.62 bits per heavy atom.